The van der Waals surface area contributed by atoms with Crippen molar-refractivity contribution in [2.75, 3.05) is 20.3 Å². The maximum atomic E-state index is 5.86. The van der Waals surface area contributed by atoms with Crippen molar-refractivity contribution < 1.29 is 4.74 Å². The van der Waals surface area contributed by atoms with Crippen molar-refractivity contribution >= 4 is 11.6 Å². The average molecular weight is 240 g/mol. The summed E-state index contributed by atoms with van der Waals surface area (Å²) >= 11 is 5.86. The summed E-state index contributed by atoms with van der Waals surface area (Å²) in [7, 11) is 1.74. The SMILES string of the molecule is COCCNC1CC(c2ccc(Cl)cc2)C1. The van der Waals surface area contributed by atoms with Gasteiger partial charge in [0.1, 0.15) is 0 Å². The van der Waals surface area contributed by atoms with Crippen molar-refractivity contribution in [3.8, 4) is 0 Å². The Hall–Kier alpha value is -0.570. The third-order valence-electron chi connectivity index (χ3n) is 3.22. The molecule has 1 fully saturated rings. The van der Waals surface area contributed by atoms with Crippen LogP contribution < -0.4 is 5.32 Å². The van der Waals surface area contributed by atoms with E-state index in [2.05, 4.69) is 17.4 Å². The number of nitrogens with one attached hydrogen (secondary N) is 1. The van der Waals surface area contributed by atoms with E-state index in [4.69, 9.17) is 16.3 Å². The van der Waals surface area contributed by atoms with Gasteiger partial charge < -0.3 is 10.1 Å². The molecule has 1 aliphatic carbocycles. The number of benzene rings is 1. The quantitative estimate of drug-likeness (QED) is 0.798. The summed E-state index contributed by atoms with van der Waals surface area (Å²) in [5, 5.41) is 4.30. The maximum absolute atomic E-state index is 5.86. The first-order valence-corrected chi connectivity index (χ1v) is 6.15. The molecular formula is C13H18ClNO. The van der Waals surface area contributed by atoms with Crippen LogP contribution in [0.15, 0.2) is 24.3 Å². The van der Waals surface area contributed by atoms with Gasteiger partial charge in [0.15, 0.2) is 0 Å². The molecule has 3 heteroatoms. The van der Waals surface area contributed by atoms with Crippen LogP contribution in [-0.4, -0.2) is 26.3 Å². The van der Waals surface area contributed by atoms with E-state index in [-0.39, 0.29) is 0 Å². The van der Waals surface area contributed by atoms with Gasteiger partial charge in [-0.15, -0.1) is 0 Å². The van der Waals surface area contributed by atoms with Gasteiger partial charge in [-0.05, 0) is 36.5 Å². The molecule has 1 saturated carbocycles. The highest BCUT2D eigenvalue weighted by Crippen LogP contribution is 2.36. The van der Waals surface area contributed by atoms with E-state index in [0.717, 1.165) is 18.2 Å². The molecule has 88 valence electrons. The Morgan fingerprint density at radius 1 is 1.31 bits per heavy atom. The van der Waals surface area contributed by atoms with E-state index >= 15 is 0 Å². The summed E-state index contributed by atoms with van der Waals surface area (Å²) in [6.07, 6.45) is 2.46. The van der Waals surface area contributed by atoms with E-state index < -0.39 is 0 Å². The lowest BCUT2D eigenvalue weighted by atomic mass is 9.76. The number of methoxy groups -OCH3 is 1. The fraction of sp³-hybridized carbons (Fsp3) is 0.538. The smallest absolute Gasteiger partial charge is 0.0587 e. The molecular weight excluding hydrogens is 222 g/mol. The van der Waals surface area contributed by atoms with Gasteiger partial charge in [-0.25, -0.2) is 0 Å². The van der Waals surface area contributed by atoms with Crippen molar-refractivity contribution in [1.82, 2.24) is 5.32 Å². The van der Waals surface area contributed by atoms with Gasteiger partial charge in [-0.2, -0.15) is 0 Å². The first-order chi connectivity index (χ1) is 7.79. The maximum Gasteiger partial charge on any atom is 0.0587 e. The standard InChI is InChI=1S/C13H18ClNO/c1-16-7-6-15-13-8-11(9-13)10-2-4-12(14)5-3-10/h2-5,11,13,15H,6-9H2,1H3. The third kappa shape index (κ3) is 2.97. The summed E-state index contributed by atoms with van der Waals surface area (Å²) < 4.78 is 5.01. The van der Waals surface area contributed by atoms with E-state index in [0.29, 0.717) is 12.0 Å². The van der Waals surface area contributed by atoms with Crippen LogP contribution in [0.4, 0.5) is 0 Å². The molecule has 0 atom stereocenters. The van der Waals surface area contributed by atoms with Crippen LogP contribution in [-0.2, 0) is 4.74 Å². The van der Waals surface area contributed by atoms with E-state index in [1.807, 2.05) is 12.1 Å². The molecule has 0 unspecified atom stereocenters. The molecule has 2 nitrogen and oxygen atoms in total. The second-order valence-electron chi connectivity index (χ2n) is 4.36. The Bertz CT molecular complexity index is 319. The van der Waals surface area contributed by atoms with Gasteiger partial charge in [0.05, 0.1) is 6.61 Å². The van der Waals surface area contributed by atoms with Crippen LogP contribution in [0.1, 0.15) is 24.3 Å². The summed E-state index contributed by atoms with van der Waals surface area (Å²) in [6, 6.07) is 8.89. The predicted molar refractivity (Wildman–Crippen MR) is 67.1 cm³/mol. The van der Waals surface area contributed by atoms with Crippen molar-refractivity contribution in [2.24, 2.45) is 0 Å². The molecule has 1 N–H and O–H groups in total. The molecule has 0 radical (unpaired) electrons. The zero-order valence-corrected chi connectivity index (χ0v) is 10.3. The number of rotatable bonds is 5. The predicted octanol–water partition coefficient (Wildman–Crippen LogP) is 2.82. The minimum absolute atomic E-state index is 0.663. The lowest BCUT2D eigenvalue weighted by Gasteiger charge is -2.36. The van der Waals surface area contributed by atoms with E-state index in [1.54, 1.807) is 7.11 Å². The fourth-order valence-corrected chi connectivity index (χ4v) is 2.28. The highest BCUT2D eigenvalue weighted by atomic mass is 35.5. The van der Waals surface area contributed by atoms with Crippen molar-refractivity contribution in [3.63, 3.8) is 0 Å². The van der Waals surface area contributed by atoms with Crippen LogP contribution in [0.5, 0.6) is 0 Å². The van der Waals surface area contributed by atoms with Gasteiger partial charge in [-0.1, -0.05) is 23.7 Å². The molecule has 0 aromatic heterocycles. The molecule has 1 aliphatic rings. The zero-order valence-electron chi connectivity index (χ0n) is 9.58. The summed E-state index contributed by atoms with van der Waals surface area (Å²) in [4.78, 5) is 0. The highest BCUT2D eigenvalue weighted by Gasteiger charge is 2.29. The number of hydrogen-bond donors (Lipinski definition) is 1. The van der Waals surface area contributed by atoms with Gasteiger partial charge in [-0.3, -0.25) is 0 Å². The molecule has 0 amide bonds. The first kappa shape index (κ1) is 11.9. The lowest BCUT2D eigenvalue weighted by molar-refractivity contribution is 0.184. The number of halogens is 1. The van der Waals surface area contributed by atoms with E-state index in [1.165, 1.54) is 18.4 Å². The normalized spacial score (nSPS) is 24.1. The largest absolute Gasteiger partial charge is 0.383 e. The Kier molecular flexibility index (Phi) is 4.22. The summed E-state index contributed by atoms with van der Waals surface area (Å²) in [5.41, 5.74) is 1.41. The molecule has 2 rings (SSSR count). The van der Waals surface area contributed by atoms with E-state index in [9.17, 15) is 0 Å². The molecule has 1 aromatic rings. The molecule has 0 saturated heterocycles. The van der Waals surface area contributed by atoms with Crippen LogP contribution in [0.3, 0.4) is 0 Å². The third-order valence-corrected chi connectivity index (χ3v) is 3.47. The minimum atomic E-state index is 0.663. The lowest BCUT2D eigenvalue weighted by Crippen LogP contribution is -2.41. The fourth-order valence-electron chi connectivity index (χ4n) is 2.16. The van der Waals surface area contributed by atoms with Crippen LogP contribution in [0, 0.1) is 0 Å². The van der Waals surface area contributed by atoms with Crippen LogP contribution in [0.25, 0.3) is 0 Å². The Labute approximate surface area is 102 Å². The zero-order chi connectivity index (χ0) is 11.4. The number of ether oxygens (including phenoxy) is 1. The highest BCUT2D eigenvalue weighted by molar-refractivity contribution is 6.30. The Morgan fingerprint density at radius 2 is 2.00 bits per heavy atom. The van der Waals surface area contributed by atoms with Crippen molar-refractivity contribution in [2.45, 2.75) is 24.8 Å². The summed E-state index contributed by atoms with van der Waals surface area (Å²) in [6.45, 7) is 1.75. The molecule has 16 heavy (non-hydrogen) atoms. The average Bonchev–Trinajstić information content (AvgIpc) is 2.23. The molecule has 0 spiro atoms. The molecule has 0 heterocycles. The van der Waals surface area contributed by atoms with Crippen LogP contribution >= 0.6 is 11.6 Å². The van der Waals surface area contributed by atoms with Gasteiger partial charge >= 0.3 is 0 Å². The Morgan fingerprint density at radius 3 is 2.62 bits per heavy atom. The summed E-state index contributed by atoms with van der Waals surface area (Å²) in [5.74, 6) is 0.706. The monoisotopic (exact) mass is 239 g/mol. The second-order valence-corrected chi connectivity index (χ2v) is 4.80. The van der Waals surface area contributed by atoms with Gasteiger partial charge in [0, 0.05) is 24.7 Å². The van der Waals surface area contributed by atoms with Crippen molar-refractivity contribution in [1.29, 1.82) is 0 Å². The molecule has 0 bridgehead atoms. The number of hydrogen-bond acceptors (Lipinski definition) is 2. The first-order valence-electron chi connectivity index (χ1n) is 5.77. The van der Waals surface area contributed by atoms with Gasteiger partial charge in [0.25, 0.3) is 0 Å². The van der Waals surface area contributed by atoms with Gasteiger partial charge in [0.2, 0.25) is 0 Å². The molecule has 1 aromatic carbocycles. The topological polar surface area (TPSA) is 21.3 Å². The van der Waals surface area contributed by atoms with Crippen LogP contribution in [0.2, 0.25) is 5.02 Å². The second kappa shape index (κ2) is 5.67. The van der Waals surface area contributed by atoms with Crippen molar-refractivity contribution in [3.05, 3.63) is 34.9 Å². The minimum Gasteiger partial charge on any atom is -0.383 e. The molecule has 0 aliphatic heterocycles. The Balaban J connectivity index is 1.73.